The highest BCUT2D eigenvalue weighted by molar-refractivity contribution is 5.85. The second-order valence-electron chi connectivity index (χ2n) is 6.05. The Balaban J connectivity index is 0.00000196. The van der Waals surface area contributed by atoms with E-state index in [0.29, 0.717) is 18.9 Å². The SMILES string of the molecule is Cl.O=[N+]([O-])c1cccnc1N1CCN(Cc2ccc3c(c2)OCO3)CC1. The van der Waals surface area contributed by atoms with Gasteiger partial charge in [-0.05, 0) is 23.8 Å². The van der Waals surface area contributed by atoms with Crippen molar-refractivity contribution in [1.29, 1.82) is 0 Å². The van der Waals surface area contributed by atoms with E-state index in [4.69, 9.17) is 9.47 Å². The lowest BCUT2D eigenvalue weighted by Gasteiger charge is -2.35. The van der Waals surface area contributed by atoms with Gasteiger partial charge in [-0.3, -0.25) is 15.0 Å². The van der Waals surface area contributed by atoms with Gasteiger partial charge < -0.3 is 14.4 Å². The van der Waals surface area contributed by atoms with Gasteiger partial charge in [0.25, 0.3) is 0 Å². The molecule has 1 aromatic heterocycles. The Hall–Kier alpha value is -2.58. The van der Waals surface area contributed by atoms with E-state index >= 15 is 0 Å². The molecule has 1 aromatic carbocycles. The molecule has 0 aliphatic carbocycles. The minimum atomic E-state index is -0.374. The molecule has 0 bridgehead atoms. The van der Waals surface area contributed by atoms with E-state index in [2.05, 4.69) is 9.88 Å². The molecule has 0 radical (unpaired) electrons. The maximum absolute atomic E-state index is 11.2. The highest BCUT2D eigenvalue weighted by atomic mass is 35.5. The van der Waals surface area contributed by atoms with Gasteiger partial charge in [-0.2, -0.15) is 0 Å². The predicted octanol–water partition coefficient (Wildman–Crippen LogP) is 2.46. The standard InChI is InChI=1S/C17H18N4O4.ClH/c22-21(23)14-2-1-5-18-17(14)20-8-6-19(7-9-20)11-13-3-4-15-16(10-13)25-12-24-15;/h1-5,10H,6-9,11-12H2;1H. The average Bonchev–Trinajstić information content (AvgIpc) is 3.10. The molecule has 8 nitrogen and oxygen atoms in total. The summed E-state index contributed by atoms with van der Waals surface area (Å²) in [5, 5.41) is 11.2. The van der Waals surface area contributed by atoms with Crippen LogP contribution < -0.4 is 14.4 Å². The van der Waals surface area contributed by atoms with Crippen molar-refractivity contribution in [3.05, 3.63) is 52.2 Å². The van der Waals surface area contributed by atoms with Gasteiger partial charge in [0.1, 0.15) is 0 Å². The van der Waals surface area contributed by atoms with E-state index in [1.165, 1.54) is 11.6 Å². The lowest BCUT2D eigenvalue weighted by Crippen LogP contribution is -2.46. The van der Waals surface area contributed by atoms with Crippen molar-refractivity contribution < 1.29 is 14.4 Å². The lowest BCUT2D eigenvalue weighted by atomic mass is 10.1. The molecule has 0 atom stereocenters. The molecule has 0 spiro atoms. The van der Waals surface area contributed by atoms with E-state index < -0.39 is 0 Å². The first-order valence-electron chi connectivity index (χ1n) is 8.16. The second kappa shape index (κ2) is 7.76. The quantitative estimate of drug-likeness (QED) is 0.597. The third-order valence-electron chi connectivity index (χ3n) is 4.48. The molecular weight excluding hydrogens is 360 g/mol. The van der Waals surface area contributed by atoms with Gasteiger partial charge in [-0.25, -0.2) is 4.98 Å². The molecule has 26 heavy (non-hydrogen) atoms. The Morgan fingerprint density at radius 3 is 2.65 bits per heavy atom. The number of benzene rings is 1. The van der Waals surface area contributed by atoms with Crippen molar-refractivity contribution in [3.63, 3.8) is 0 Å². The fourth-order valence-electron chi connectivity index (χ4n) is 3.19. The number of aromatic nitrogens is 1. The molecule has 0 unspecified atom stereocenters. The summed E-state index contributed by atoms with van der Waals surface area (Å²) in [6.07, 6.45) is 1.60. The van der Waals surface area contributed by atoms with E-state index in [1.807, 2.05) is 23.1 Å². The van der Waals surface area contributed by atoms with Gasteiger partial charge in [0.2, 0.25) is 12.6 Å². The number of rotatable bonds is 4. The first-order chi connectivity index (χ1) is 12.2. The van der Waals surface area contributed by atoms with Gasteiger partial charge in [0.05, 0.1) is 4.92 Å². The molecule has 0 N–H and O–H groups in total. The largest absolute Gasteiger partial charge is 0.454 e. The van der Waals surface area contributed by atoms with Gasteiger partial charge >= 0.3 is 5.69 Å². The van der Waals surface area contributed by atoms with Gasteiger partial charge in [-0.1, -0.05) is 6.07 Å². The summed E-state index contributed by atoms with van der Waals surface area (Å²) in [7, 11) is 0. The van der Waals surface area contributed by atoms with Crippen LogP contribution in [0.4, 0.5) is 11.5 Å². The summed E-state index contributed by atoms with van der Waals surface area (Å²) in [5.41, 5.74) is 1.23. The number of pyridine rings is 1. The molecule has 9 heteroatoms. The van der Waals surface area contributed by atoms with Crippen LogP contribution in [0.3, 0.4) is 0 Å². The Morgan fingerprint density at radius 2 is 1.88 bits per heavy atom. The van der Waals surface area contributed by atoms with Crippen LogP contribution in [0, 0.1) is 10.1 Å². The van der Waals surface area contributed by atoms with Crippen LogP contribution in [0.25, 0.3) is 0 Å². The number of ether oxygens (including phenoxy) is 2. The van der Waals surface area contributed by atoms with Crippen molar-refractivity contribution in [1.82, 2.24) is 9.88 Å². The van der Waals surface area contributed by atoms with Crippen molar-refractivity contribution in [2.75, 3.05) is 37.9 Å². The zero-order valence-electron chi connectivity index (χ0n) is 14.0. The van der Waals surface area contributed by atoms with Crippen LogP contribution in [0.5, 0.6) is 11.5 Å². The fraction of sp³-hybridized carbons (Fsp3) is 0.353. The molecule has 4 rings (SSSR count). The van der Waals surface area contributed by atoms with Gasteiger partial charge in [0, 0.05) is 45.0 Å². The summed E-state index contributed by atoms with van der Waals surface area (Å²) in [5.74, 6) is 2.03. The summed E-state index contributed by atoms with van der Waals surface area (Å²) < 4.78 is 10.8. The molecular formula is C17H19ClN4O4. The van der Waals surface area contributed by atoms with E-state index in [0.717, 1.165) is 31.1 Å². The summed E-state index contributed by atoms with van der Waals surface area (Å²) >= 11 is 0. The van der Waals surface area contributed by atoms with Crippen molar-refractivity contribution in [3.8, 4) is 11.5 Å². The summed E-state index contributed by atoms with van der Waals surface area (Å²) in [6.45, 7) is 4.16. The monoisotopic (exact) mass is 378 g/mol. The first-order valence-corrected chi connectivity index (χ1v) is 8.16. The van der Waals surface area contributed by atoms with Gasteiger partial charge in [-0.15, -0.1) is 12.4 Å². The fourth-order valence-corrected chi connectivity index (χ4v) is 3.19. The highest BCUT2D eigenvalue weighted by Gasteiger charge is 2.25. The minimum absolute atomic E-state index is 0. The Kier molecular flexibility index (Phi) is 5.43. The zero-order valence-corrected chi connectivity index (χ0v) is 14.9. The highest BCUT2D eigenvalue weighted by Crippen LogP contribution is 2.33. The molecule has 3 heterocycles. The maximum Gasteiger partial charge on any atom is 0.311 e. The topological polar surface area (TPSA) is 81.0 Å². The molecule has 138 valence electrons. The molecule has 1 saturated heterocycles. The van der Waals surface area contributed by atoms with Crippen molar-refractivity contribution >= 4 is 23.9 Å². The molecule has 0 saturated carbocycles. The molecule has 2 aromatic rings. The van der Waals surface area contributed by atoms with Crippen LogP contribution in [0.15, 0.2) is 36.5 Å². The van der Waals surface area contributed by atoms with Gasteiger partial charge in [0.15, 0.2) is 11.5 Å². The normalized spacial score (nSPS) is 16.2. The van der Waals surface area contributed by atoms with Crippen LogP contribution in [-0.4, -0.2) is 47.8 Å². The number of halogens is 1. The molecule has 2 aliphatic rings. The van der Waals surface area contributed by atoms with Crippen LogP contribution in [0.1, 0.15) is 5.56 Å². The van der Waals surface area contributed by atoms with Crippen molar-refractivity contribution in [2.45, 2.75) is 6.54 Å². The second-order valence-corrected chi connectivity index (χ2v) is 6.05. The van der Waals surface area contributed by atoms with E-state index in [-0.39, 0.29) is 29.8 Å². The number of piperazine rings is 1. The summed E-state index contributed by atoms with van der Waals surface area (Å²) in [6, 6.07) is 9.09. The number of hydrogen-bond donors (Lipinski definition) is 0. The first kappa shape index (κ1) is 18.2. The van der Waals surface area contributed by atoms with Crippen molar-refractivity contribution in [2.24, 2.45) is 0 Å². The number of fused-ring (bicyclic) bond motifs is 1. The lowest BCUT2D eigenvalue weighted by molar-refractivity contribution is -0.384. The molecule has 2 aliphatic heterocycles. The number of nitrogens with zero attached hydrogens (tertiary/aromatic N) is 4. The Bertz CT molecular complexity index is 796. The van der Waals surface area contributed by atoms with E-state index in [9.17, 15) is 10.1 Å². The number of nitro groups is 1. The van der Waals surface area contributed by atoms with Crippen LogP contribution in [-0.2, 0) is 6.54 Å². The zero-order chi connectivity index (χ0) is 17.2. The van der Waals surface area contributed by atoms with Crippen LogP contribution in [0.2, 0.25) is 0 Å². The predicted molar refractivity (Wildman–Crippen MR) is 98.2 cm³/mol. The smallest absolute Gasteiger partial charge is 0.311 e. The maximum atomic E-state index is 11.2. The van der Waals surface area contributed by atoms with E-state index in [1.54, 1.807) is 12.3 Å². The minimum Gasteiger partial charge on any atom is -0.454 e. The Labute approximate surface area is 156 Å². The Morgan fingerprint density at radius 1 is 1.12 bits per heavy atom. The molecule has 0 amide bonds. The summed E-state index contributed by atoms with van der Waals surface area (Å²) in [4.78, 5) is 19.3. The number of hydrogen-bond acceptors (Lipinski definition) is 7. The number of anilines is 1. The third kappa shape index (κ3) is 3.66. The molecule has 1 fully saturated rings. The average molecular weight is 379 g/mol. The third-order valence-corrected chi connectivity index (χ3v) is 4.48. The van der Waals surface area contributed by atoms with Crippen LogP contribution >= 0.6 is 12.4 Å².